The minimum Gasteiger partial charge on any atom is -0.309 e. The molecule has 0 aliphatic rings. The second-order valence-corrected chi connectivity index (χ2v) is 12.3. The predicted molar refractivity (Wildman–Crippen MR) is 202 cm³/mol. The molecule has 0 bridgehead atoms. The molecule has 0 N–H and O–H groups in total. The van der Waals surface area contributed by atoms with Crippen LogP contribution in [0, 0.1) is 29.2 Å². The highest BCUT2D eigenvalue weighted by atomic mass is 15.0. The van der Waals surface area contributed by atoms with Gasteiger partial charge in [-0.3, -0.25) is 0 Å². The molecule has 0 unspecified atom stereocenters. The lowest BCUT2D eigenvalue weighted by Crippen LogP contribution is -1.98. The van der Waals surface area contributed by atoms with E-state index in [0.29, 0.717) is 16.8 Å². The number of nitrogens with zero attached hydrogens (tertiary/aromatic N) is 5. The first-order valence-electron chi connectivity index (χ1n) is 16.3. The third kappa shape index (κ3) is 4.38. The van der Waals surface area contributed by atoms with E-state index in [1.165, 1.54) is 10.8 Å². The molecule has 0 aliphatic heterocycles. The van der Waals surface area contributed by atoms with Crippen LogP contribution >= 0.6 is 0 Å². The quantitative estimate of drug-likeness (QED) is 0.181. The van der Waals surface area contributed by atoms with Gasteiger partial charge in [-0.15, -0.1) is 0 Å². The smallest absolute Gasteiger partial charge is 0.195 e. The molecule has 0 spiro atoms. The fourth-order valence-corrected chi connectivity index (χ4v) is 7.40. The Morgan fingerprint density at radius 3 is 1.74 bits per heavy atom. The first-order chi connectivity index (χ1) is 24.7. The third-order valence-corrected chi connectivity index (χ3v) is 9.57. The van der Waals surface area contributed by atoms with Gasteiger partial charge < -0.3 is 9.13 Å². The zero-order valence-corrected chi connectivity index (χ0v) is 26.7. The Labute approximate surface area is 288 Å². The van der Waals surface area contributed by atoms with Crippen LogP contribution in [-0.2, 0) is 0 Å². The van der Waals surface area contributed by atoms with Gasteiger partial charge in [0.25, 0.3) is 0 Å². The van der Waals surface area contributed by atoms with Crippen LogP contribution < -0.4 is 0 Å². The number of hydrogen-bond donors (Lipinski definition) is 0. The number of para-hydroxylation sites is 4. The molecule has 0 saturated carbocycles. The van der Waals surface area contributed by atoms with Crippen LogP contribution in [0.4, 0.5) is 5.69 Å². The summed E-state index contributed by atoms with van der Waals surface area (Å²) in [5.41, 5.74) is 11.2. The molecule has 9 aromatic rings. The molecule has 0 radical (unpaired) electrons. The Morgan fingerprint density at radius 2 is 1.06 bits per heavy atom. The van der Waals surface area contributed by atoms with Crippen LogP contribution in [-0.4, -0.2) is 9.13 Å². The molecule has 230 valence electrons. The fraction of sp³-hybridized carbons (Fsp3) is 0. The maximum Gasteiger partial charge on any atom is 0.195 e. The third-order valence-electron chi connectivity index (χ3n) is 9.57. The second kappa shape index (κ2) is 11.4. The summed E-state index contributed by atoms with van der Waals surface area (Å²) in [6, 6.07) is 55.4. The Hall–Kier alpha value is -7.39. The summed E-state index contributed by atoms with van der Waals surface area (Å²) < 4.78 is 4.44. The van der Waals surface area contributed by atoms with Crippen LogP contribution in [0.25, 0.3) is 82.1 Å². The Bertz CT molecular complexity index is 2920. The molecule has 5 heteroatoms. The highest BCUT2D eigenvalue weighted by Crippen LogP contribution is 2.41. The topological polar surface area (TPSA) is 61.8 Å². The average Bonchev–Trinajstić information content (AvgIpc) is 3.70. The largest absolute Gasteiger partial charge is 0.309 e. The molecule has 2 aromatic heterocycles. The maximum absolute atomic E-state index is 10.2. The van der Waals surface area contributed by atoms with Gasteiger partial charge in [0, 0.05) is 27.2 Å². The number of rotatable bonds is 4. The number of aromatic nitrogens is 2. The second-order valence-electron chi connectivity index (χ2n) is 12.3. The molecule has 50 heavy (non-hydrogen) atoms. The van der Waals surface area contributed by atoms with Crippen molar-refractivity contribution in [2.24, 2.45) is 0 Å². The van der Waals surface area contributed by atoms with Gasteiger partial charge in [0.1, 0.15) is 0 Å². The van der Waals surface area contributed by atoms with E-state index in [0.717, 1.165) is 66.5 Å². The van der Waals surface area contributed by atoms with E-state index >= 15 is 0 Å². The lowest BCUT2D eigenvalue weighted by molar-refractivity contribution is 1.18. The van der Waals surface area contributed by atoms with Gasteiger partial charge in [-0.1, -0.05) is 91.0 Å². The Morgan fingerprint density at radius 1 is 0.460 bits per heavy atom. The van der Waals surface area contributed by atoms with Crippen molar-refractivity contribution in [1.29, 1.82) is 10.5 Å². The SMILES string of the molecule is [C-]#[N+]c1ccc(-c2cc(C#N)cc(-n3c4ccccc4c4cc(C#N)ccc43)c2)cc1-c1ccccc1-n1c2ccccc2c2ccccc21. The summed E-state index contributed by atoms with van der Waals surface area (Å²) in [7, 11) is 0. The van der Waals surface area contributed by atoms with Gasteiger partial charge in [-0.25, -0.2) is 4.85 Å². The average molecular weight is 636 g/mol. The predicted octanol–water partition coefficient (Wildman–Crippen LogP) is 11.5. The highest BCUT2D eigenvalue weighted by Gasteiger charge is 2.19. The van der Waals surface area contributed by atoms with Crippen LogP contribution in [0.5, 0.6) is 0 Å². The van der Waals surface area contributed by atoms with E-state index in [2.05, 4.69) is 111 Å². The zero-order valence-electron chi connectivity index (χ0n) is 26.7. The van der Waals surface area contributed by atoms with Gasteiger partial charge >= 0.3 is 0 Å². The van der Waals surface area contributed by atoms with E-state index in [4.69, 9.17) is 6.57 Å². The lowest BCUT2D eigenvalue weighted by atomic mass is 9.95. The molecule has 7 aromatic carbocycles. The summed E-state index contributed by atoms with van der Waals surface area (Å²) in [4.78, 5) is 3.96. The van der Waals surface area contributed by atoms with Crippen molar-refractivity contribution < 1.29 is 0 Å². The molecular weight excluding hydrogens is 611 g/mol. The molecule has 0 aliphatic carbocycles. The van der Waals surface area contributed by atoms with Gasteiger partial charge in [0.05, 0.1) is 57.6 Å². The van der Waals surface area contributed by atoms with E-state index in [1.807, 2.05) is 66.7 Å². The maximum atomic E-state index is 10.2. The van der Waals surface area contributed by atoms with Crippen LogP contribution in [0.3, 0.4) is 0 Å². The number of fused-ring (bicyclic) bond motifs is 6. The standard InChI is InChI=1S/C45H25N5/c1-48-40-20-19-31(26-38(40)36-12-4-9-17-44(36)50-42-15-7-2-10-34(42)35-11-3-8-16-43(35)50)32-22-30(28-47)23-33(25-32)49-41-14-6-5-13-37(41)39-24-29(27-46)18-21-45(39)49/h2-26H. The van der Waals surface area contributed by atoms with Crippen molar-refractivity contribution in [1.82, 2.24) is 9.13 Å². The first kappa shape index (κ1) is 28.8. The highest BCUT2D eigenvalue weighted by molar-refractivity contribution is 6.11. The minimum atomic E-state index is 0.526. The summed E-state index contributed by atoms with van der Waals surface area (Å²) in [5.74, 6) is 0. The van der Waals surface area contributed by atoms with Crippen molar-refractivity contribution in [3.63, 3.8) is 0 Å². The summed E-state index contributed by atoms with van der Waals surface area (Å²) in [6.07, 6.45) is 0. The summed E-state index contributed by atoms with van der Waals surface area (Å²) in [5, 5.41) is 24.2. The van der Waals surface area contributed by atoms with Crippen LogP contribution in [0.2, 0.25) is 0 Å². The Balaban J connectivity index is 1.26. The van der Waals surface area contributed by atoms with Crippen molar-refractivity contribution in [3.05, 3.63) is 174 Å². The van der Waals surface area contributed by atoms with Gasteiger partial charge in [-0.2, -0.15) is 10.5 Å². The lowest BCUT2D eigenvalue weighted by Gasteiger charge is -2.16. The number of benzene rings is 7. The van der Waals surface area contributed by atoms with Crippen molar-refractivity contribution >= 4 is 49.3 Å². The molecule has 0 fully saturated rings. The monoisotopic (exact) mass is 635 g/mol. The van der Waals surface area contributed by atoms with Gasteiger partial charge in [-0.05, 0) is 82.9 Å². The molecule has 0 saturated heterocycles. The van der Waals surface area contributed by atoms with Gasteiger partial charge in [0.2, 0.25) is 0 Å². The van der Waals surface area contributed by atoms with Gasteiger partial charge in [0.15, 0.2) is 5.69 Å². The number of nitriles is 2. The Kier molecular flexibility index (Phi) is 6.56. The van der Waals surface area contributed by atoms with E-state index in [9.17, 15) is 10.5 Å². The molecule has 2 heterocycles. The van der Waals surface area contributed by atoms with E-state index in [1.54, 1.807) is 0 Å². The molecule has 5 nitrogen and oxygen atoms in total. The van der Waals surface area contributed by atoms with Crippen LogP contribution in [0.1, 0.15) is 11.1 Å². The summed E-state index contributed by atoms with van der Waals surface area (Å²) in [6.45, 7) is 8.14. The van der Waals surface area contributed by atoms with Crippen molar-refractivity contribution in [3.8, 4) is 45.8 Å². The molecule has 0 atom stereocenters. The molecular formula is C45H25N5. The van der Waals surface area contributed by atoms with E-state index < -0.39 is 0 Å². The molecule has 0 amide bonds. The molecule has 9 rings (SSSR count). The van der Waals surface area contributed by atoms with E-state index in [-0.39, 0.29) is 0 Å². The van der Waals surface area contributed by atoms with Crippen LogP contribution in [0.15, 0.2) is 152 Å². The first-order valence-corrected chi connectivity index (χ1v) is 16.3. The normalized spacial score (nSPS) is 11.1. The minimum absolute atomic E-state index is 0.526. The van der Waals surface area contributed by atoms with Crippen molar-refractivity contribution in [2.45, 2.75) is 0 Å². The van der Waals surface area contributed by atoms with Crippen molar-refractivity contribution in [2.75, 3.05) is 0 Å². The fourth-order valence-electron chi connectivity index (χ4n) is 7.40. The summed E-state index contributed by atoms with van der Waals surface area (Å²) >= 11 is 0. The number of hydrogen-bond acceptors (Lipinski definition) is 2. The zero-order chi connectivity index (χ0) is 33.8.